The van der Waals surface area contributed by atoms with Gasteiger partial charge in [0.05, 0.1) is 25.6 Å². The number of hydrogen-bond donors (Lipinski definition) is 4. The van der Waals surface area contributed by atoms with Gasteiger partial charge in [-0.15, -0.1) is 0 Å². The van der Waals surface area contributed by atoms with E-state index < -0.39 is 17.3 Å². The van der Waals surface area contributed by atoms with Crippen LogP contribution in [0.3, 0.4) is 0 Å². The zero-order valence-electron chi connectivity index (χ0n) is 29.4. The van der Waals surface area contributed by atoms with Gasteiger partial charge in [-0.2, -0.15) is 4.98 Å². The third-order valence-corrected chi connectivity index (χ3v) is 8.85. The van der Waals surface area contributed by atoms with Crippen LogP contribution in [0.1, 0.15) is 55.1 Å². The molecule has 0 aliphatic heterocycles. The molecule has 2 amide bonds. The van der Waals surface area contributed by atoms with Crippen LogP contribution in [-0.2, 0) is 23.2 Å². The van der Waals surface area contributed by atoms with E-state index in [2.05, 4.69) is 30.6 Å². The molecule has 1 unspecified atom stereocenters. The lowest BCUT2D eigenvalue weighted by Crippen LogP contribution is -2.22. The number of rotatable bonds is 13. The van der Waals surface area contributed by atoms with Gasteiger partial charge in [-0.25, -0.2) is 14.5 Å². The van der Waals surface area contributed by atoms with Crippen LogP contribution in [0.5, 0.6) is 23.1 Å². The maximum Gasteiger partial charge on any atom is 0.323 e. The van der Waals surface area contributed by atoms with Gasteiger partial charge < -0.3 is 34.7 Å². The molecule has 4 aromatic carbocycles. The second-order valence-corrected chi connectivity index (χ2v) is 14.1. The molecule has 1 heterocycles. The zero-order valence-corrected chi connectivity index (χ0v) is 30.2. The highest BCUT2D eigenvalue weighted by Gasteiger charge is 2.31. The lowest BCUT2D eigenvalue weighted by atomic mass is 9.85. The highest BCUT2D eigenvalue weighted by atomic mass is 32.2. The first-order valence-corrected chi connectivity index (χ1v) is 17.6. The molecule has 1 aliphatic carbocycles. The van der Waals surface area contributed by atoms with Crippen molar-refractivity contribution in [3.05, 3.63) is 95.7 Å². The van der Waals surface area contributed by atoms with Crippen molar-refractivity contribution in [2.45, 2.75) is 45.6 Å². The summed E-state index contributed by atoms with van der Waals surface area (Å²) < 4.78 is 42.1. The SMILES string of the molecule is COc1cc(Nc2nccc(Oc3ccc(NC(=O)Nc4cc(C(C)(C)C)cc(CNS(=O)[O-])c4OC)c4ccccc34)n2)cc(C(=O)C2CC2)c1. The lowest BCUT2D eigenvalue weighted by molar-refractivity contribution is 0.0967. The van der Waals surface area contributed by atoms with E-state index in [9.17, 15) is 18.4 Å². The summed E-state index contributed by atoms with van der Waals surface area (Å²) in [6, 6.07) is 21.0. The Morgan fingerprint density at radius 1 is 0.923 bits per heavy atom. The van der Waals surface area contributed by atoms with Gasteiger partial charge >= 0.3 is 6.03 Å². The summed E-state index contributed by atoms with van der Waals surface area (Å²) in [5, 5.41) is 10.4. The molecule has 13 nitrogen and oxygen atoms in total. The van der Waals surface area contributed by atoms with Gasteiger partial charge in [-0.3, -0.25) is 9.00 Å². The number of ketones is 1. The van der Waals surface area contributed by atoms with E-state index in [4.69, 9.17) is 14.2 Å². The first-order valence-electron chi connectivity index (χ1n) is 16.6. The molecule has 0 spiro atoms. The second kappa shape index (κ2) is 15.4. The molecule has 52 heavy (non-hydrogen) atoms. The van der Waals surface area contributed by atoms with Crippen LogP contribution in [0.2, 0.25) is 0 Å². The molecule has 1 fully saturated rings. The Morgan fingerprint density at radius 3 is 2.37 bits per heavy atom. The molecular weight excluding hydrogens is 685 g/mol. The third-order valence-electron chi connectivity index (χ3n) is 8.47. The van der Waals surface area contributed by atoms with Gasteiger partial charge in [0.15, 0.2) is 5.78 Å². The molecule has 4 N–H and O–H groups in total. The molecule has 1 aromatic heterocycles. The van der Waals surface area contributed by atoms with Gasteiger partial charge in [0.25, 0.3) is 0 Å². The van der Waals surface area contributed by atoms with E-state index in [0.717, 1.165) is 23.8 Å². The minimum absolute atomic E-state index is 0.0151. The first-order chi connectivity index (χ1) is 24.9. The largest absolute Gasteiger partial charge is 0.760 e. The molecule has 6 rings (SSSR count). The van der Waals surface area contributed by atoms with Gasteiger partial charge in [0.2, 0.25) is 11.8 Å². The number of anilines is 4. The summed E-state index contributed by atoms with van der Waals surface area (Å²) >= 11 is -2.48. The highest BCUT2D eigenvalue weighted by Crippen LogP contribution is 2.38. The second-order valence-electron chi connectivity index (χ2n) is 13.3. The average molecular weight is 724 g/mol. The third kappa shape index (κ3) is 8.65. The van der Waals surface area contributed by atoms with Crippen molar-refractivity contribution in [1.29, 1.82) is 0 Å². The molecule has 1 aliphatic rings. The fourth-order valence-corrected chi connectivity index (χ4v) is 5.96. The number of nitrogens with one attached hydrogen (secondary N) is 4. The van der Waals surface area contributed by atoms with Crippen LogP contribution in [0.15, 0.2) is 79.0 Å². The number of hydrogen-bond acceptors (Lipinski definition) is 10. The van der Waals surface area contributed by atoms with Crippen LogP contribution in [0.4, 0.5) is 27.8 Å². The molecule has 14 heteroatoms. The smallest absolute Gasteiger partial charge is 0.323 e. The number of Topliss-reactive ketones (excluding diaryl/α,β-unsaturated/α-hetero) is 1. The van der Waals surface area contributed by atoms with Gasteiger partial charge in [0, 0.05) is 69.6 Å². The maximum absolute atomic E-state index is 13.5. The number of ether oxygens (including phenoxy) is 3. The summed E-state index contributed by atoms with van der Waals surface area (Å²) in [6.07, 6.45) is 3.36. The van der Waals surface area contributed by atoms with E-state index in [1.54, 1.807) is 49.7 Å². The number of fused-ring (bicyclic) bond motifs is 1. The Morgan fingerprint density at radius 2 is 1.67 bits per heavy atom. The average Bonchev–Trinajstić information content (AvgIpc) is 3.97. The number of nitrogens with zero attached hydrogens (tertiary/aromatic N) is 2. The Hall–Kier alpha value is -5.57. The van der Waals surface area contributed by atoms with E-state index >= 15 is 0 Å². The summed E-state index contributed by atoms with van der Waals surface area (Å²) in [5.41, 5.74) is 3.23. The number of carbonyl (C=O) groups excluding carboxylic acids is 2. The van der Waals surface area contributed by atoms with E-state index in [0.29, 0.717) is 50.8 Å². The predicted molar refractivity (Wildman–Crippen MR) is 199 cm³/mol. The Labute approximate surface area is 303 Å². The van der Waals surface area contributed by atoms with Gasteiger partial charge in [-0.1, -0.05) is 51.1 Å². The minimum atomic E-state index is -2.48. The van der Waals surface area contributed by atoms with Crippen LogP contribution in [-0.4, -0.2) is 44.8 Å². The number of benzene rings is 4. The maximum atomic E-state index is 13.5. The van der Waals surface area contributed by atoms with Crippen LogP contribution in [0, 0.1) is 5.92 Å². The summed E-state index contributed by atoms with van der Waals surface area (Å²) in [5.74, 6) is 2.08. The minimum Gasteiger partial charge on any atom is -0.760 e. The fourth-order valence-electron chi connectivity index (χ4n) is 5.68. The molecule has 270 valence electrons. The van der Waals surface area contributed by atoms with Crippen molar-refractivity contribution in [3.63, 3.8) is 0 Å². The van der Waals surface area contributed by atoms with E-state index in [-0.39, 0.29) is 35.5 Å². The number of amides is 2. The number of urea groups is 1. The summed E-state index contributed by atoms with van der Waals surface area (Å²) in [4.78, 5) is 35.1. The highest BCUT2D eigenvalue weighted by molar-refractivity contribution is 7.77. The van der Waals surface area contributed by atoms with Gasteiger partial charge in [-0.05, 0) is 54.2 Å². The predicted octanol–water partition coefficient (Wildman–Crippen LogP) is 7.60. The Bertz CT molecular complexity index is 2170. The van der Waals surface area contributed by atoms with Gasteiger partial charge in [0.1, 0.15) is 17.2 Å². The fraction of sp³-hybridized carbons (Fsp3) is 0.263. The molecule has 0 radical (unpaired) electrons. The zero-order chi connectivity index (χ0) is 37.0. The van der Waals surface area contributed by atoms with E-state index in [1.165, 1.54) is 7.11 Å². The molecule has 1 saturated carbocycles. The van der Waals surface area contributed by atoms with Crippen LogP contribution < -0.4 is 34.9 Å². The van der Waals surface area contributed by atoms with Crippen molar-refractivity contribution in [1.82, 2.24) is 14.7 Å². The number of carbonyl (C=O) groups is 2. The monoisotopic (exact) mass is 723 g/mol. The molecule has 0 bridgehead atoms. The summed E-state index contributed by atoms with van der Waals surface area (Å²) in [6.45, 7) is 6.04. The molecule has 1 atom stereocenters. The number of aromatic nitrogens is 2. The van der Waals surface area contributed by atoms with Crippen molar-refractivity contribution in [2.24, 2.45) is 5.92 Å². The molecular formula is C38H39N6O7S-. The van der Waals surface area contributed by atoms with Crippen molar-refractivity contribution < 1.29 is 32.6 Å². The van der Waals surface area contributed by atoms with Crippen molar-refractivity contribution >= 4 is 56.9 Å². The molecule has 0 saturated heterocycles. The number of methoxy groups -OCH3 is 2. The van der Waals surface area contributed by atoms with Crippen molar-refractivity contribution in [3.8, 4) is 23.1 Å². The normalized spacial score (nSPS) is 13.3. The van der Waals surface area contributed by atoms with Crippen molar-refractivity contribution in [2.75, 3.05) is 30.2 Å². The first kappa shape index (κ1) is 36.2. The van der Waals surface area contributed by atoms with Crippen LogP contribution in [0.25, 0.3) is 10.8 Å². The quantitative estimate of drug-likeness (QED) is 0.0699. The lowest BCUT2D eigenvalue weighted by Gasteiger charge is -2.24. The van der Waals surface area contributed by atoms with E-state index in [1.807, 2.05) is 57.2 Å². The Kier molecular flexibility index (Phi) is 10.7. The Balaban J connectivity index is 1.22. The standard InChI is InChI=1S/C38H40N6O7S/c1-38(2,3)25-16-24(21-40-52(47)48)35(50-5)31(19-25)43-37(46)42-30-12-13-32(29-9-7-6-8-28(29)30)51-33-14-15-39-36(44-33)41-26-17-23(18-27(20-26)49-4)34(45)22-10-11-22/h6-9,12-20,22,40H,10-11,21H2,1-5H3,(H,47,48)(H,39,41,44)(H2,42,43,46)/p-1. The topological polar surface area (TPSA) is 176 Å². The molecule has 5 aromatic rings. The summed E-state index contributed by atoms with van der Waals surface area (Å²) in [7, 11) is 3.01. The van der Waals surface area contributed by atoms with Crippen LogP contribution >= 0.6 is 0 Å².